The number of aliphatic hydroxyl groups is 1. The van der Waals surface area contributed by atoms with Gasteiger partial charge in [0.05, 0.1) is 11.7 Å². The lowest BCUT2D eigenvalue weighted by Gasteiger charge is -2.33. The SMILES string of the molecule is Cc1cccc2c1OC(CCO)C(C)N2. The highest BCUT2D eigenvalue weighted by Crippen LogP contribution is 2.34. The Morgan fingerprint density at radius 1 is 1.47 bits per heavy atom. The van der Waals surface area contributed by atoms with Gasteiger partial charge in [-0.15, -0.1) is 0 Å². The van der Waals surface area contributed by atoms with Crippen molar-refractivity contribution in [3.8, 4) is 5.75 Å². The van der Waals surface area contributed by atoms with Crippen LogP contribution in [-0.2, 0) is 0 Å². The molecule has 0 bridgehead atoms. The summed E-state index contributed by atoms with van der Waals surface area (Å²) >= 11 is 0. The molecule has 0 saturated carbocycles. The van der Waals surface area contributed by atoms with Gasteiger partial charge in [0.25, 0.3) is 0 Å². The highest BCUT2D eigenvalue weighted by Gasteiger charge is 2.26. The molecule has 82 valence electrons. The van der Waals surface area contributed by atoms with Crippen molar-refractivity contribution in [2.24, 2.45) is 0 Å². The molecule has 3 nitrogen and oxygen atoms in total. The maximum Gasteiger partial charge on any atom is 0.145 e. The van der Waals surface area contributed by atoms with E-state index < -0.39 is 0 Å². The van der Waals surface area contributed by atoms with Gasteiger partial charge in [0.15, 0.2) is 0 Å². The van der Waals surface area contributed by atoms with Gasteiger partial charge in [-0.25, -0.2) is 0 Å². The summed E-state index contributed by atoms with van der Waals surface area (Å²) in [5, 5.41) is 12.3. The molecule has 2 atom stereocenters. The van der Waals surface area contributed by atoms with E-state index in [9.17, 15) is 0 Å². The van der Waals surface area contributed by atoms with Crippen LogP contribution in [0.15, 0.2) is 18.2 Å². The monoisotopic (exact) mass is 207 g/mol. The number of fused-ring (bicyclic) bond motifs is 1. The molecule has 1 aliphatic heterocycles. The molecule has 1 aromatic rings. The summed E-state index contributed by atoms with van der Waals surface area (Å²) in [6.45, 7) is 4.27. The van der Waals surface area contributed by atoms with E-state index in [2.05, 4.69) is 12.2 Å². The van der Waals surface area contributed by atoms with Crippen molar-refractivity contribution in [1.82, 2.24) is 0 Å². The van der Waals surface area contributed by atoms with Crippen LogP contribution in [0.3, 0.4) is 0 Å². The summed E-state index contributed by atoms with van der Waals surface area (Å²) in [5.74, 6) is 0.925. The lowest BCUT2D eigenvalue weighted by Crippen LogP contribution is -2.40. The average Bonchev–Trinajstić information content (AvgIpc) is 2.21. The molecule has 15 heavy (non-hydrogen) atoms. The predicted molar refractivity (Wildman–Crippen MR) is 60.4 cm³/mol. The van der Waals surface area contributed by atoms with Crippen LogP contribution in [0.1, 0.15) is 18.9 Å². The van der Waals surface area contributed by atoms with Crippen molar-refractivity contribution < 1.29 is 9.84 Å². The van der Waals surface area contributed by atoms with E-state index in [0.29, 0.717) is 6.42 Å². The first-order chi connectivity index (χ1) is 7.22. The van der Waals surface area contributed by atoms with Crippen LogP contribution in [0.4, 0.5) is 5.69 Å². The van der Waals surface area contributed by atoms with Gasteiger partial charge in [0.2, 0.25) is 0 Å². The largest absolute Gasteiger partial charge is 0.486 e. The molecular formula is C12H17NO2. The number of anilines is 1. The quantitative estimate of drug-likeness (QED) is 0.778. The molecular weight excluding hydrogens is 190 g/mol. The second-order valence-electron chi connectivity index (χ2n) is 4.05. The van der Waals surface area contributed by atoms with Gasteiger partial charge in [-0.1, -0.05) is 12.1 Å². The number of rotatable bonds is 2. The topological polar surface area (TPSA) is 41.5 Å². The Balaban J connectivity index is 2.26. The summed E-state index contributed by atoms with van der Waals surface area (Å²) in [4.78, 5) is 0. The van der Waals surface area contributed by atoms with E-state index in [-0.39, 0.29) is 18.8 Å². The fraction of sp³-hybridized carbons (Fsp3) is 0.500. The minimum absolute atomic E-state index is 0.0589. The average molecular weight is 207 g/mol. The fourth-order valence-corrected chi connectivity index (χ4v) is 1.95. The predicted octanol–water partition coefficient (Wildman–Crippen LogP) is 1.94. The summed E-state index contributed by atoms with van der Waals surface area (Å²) < 4.78 is 5.89. The molecule has 0 saturated heterocycles. The standard InChI is InChI=1S/C12H17NO2/c1-8-4-3-5-10-12(8)15-11(6-7-14)9(2)13-10/h3-5,9,11,13-14H,6-7H2,1-2H3. The third-order valence-corrected chi connectivity index (χ3v) is 2.84. The number of nitrogens with one attached hydrogen (secondary N) is 1. The minimum Gasteiger partial charge on any atom is -0.486 e. The molecule has 0 aliphatic carbocycles. The zero-order chi connectivity index (χ0) is 10.8. The molecule has 1 heterocycles. The van der Waals surface area contributed by atoms with Crippen molar-refractivity contribution in [3.05, 3.63) is 23.8 Å². The normalized spacial score (nSPS) is 23.9. The molecule has 3 heteroatoms. The maximum atomic E-state index is 8.95. The number of hydrogen-bond donors (Lipinski definition) is 2. The smallest absolute Gasteiger partial charge is 0.145 e. The Bertz CT molecular complexity index is 351. The molecule has 0 fully saturated rings. The Morgan fingerprint density at radius 3 is 3.00 bits per heavy atom. The number of benzene rings is 1. The van der Waals surface area contributed by atoms with Gasteiger partial charge >= 0.3 is 0 Å². The molecule has 2 N–H and O–H groups in total. The fourth-order valence-electron chi connectivity index (χ4n) is 1.95. The third kappa shape index (κ3) is 1.92. The van der Waals surface area contributed by atoms with Crippen LogP contribution < -0.4 is 10.1 Å². The van der Waals surface area contributed by atoms with E-state index in [0.717, 1.165) is 17.0 Å². The zero-order valence-electron chi connectivity index (χ0n) is 9.16. The minimum atomic E-state index is 0.0589. The van der Waals surface area contributed by atoms with Gasteiger partial charge in [0, 0.05) is 13.0 Å². The molecule has 2 unspecified atom stereocenters. The molecule has 0 amide bonds. The Kier molecular flexibility index (Phi) is 2.82. The van der Waals surface area contributed by atoms with Crippen LogP contribution in [0.5, 0.6) is 5.75 Å². The van der Waals surface area contributed by atoms with E-state index in [1.807, 2.05) is 25.1 Å². The van der Waals surface area contributed by atoms with Crippen LogP contribution in [0, 0.1) is 6.92 Å². The van der Waals surface area contributed by atoms with Crippen LogP contribution in [0.25, 0.3) is 0 Å². The van der Waals surface area contributed by atoms with Gasteiger partial charge in [-0.2, -0.15) is 0 Å². The Hall–Kier alpha value is -1.22. The van der Waals surface area contributed by atoms with Crippen molar-refractivity contribution in [2.45, 2.75) is 32.4 Å². The van der Waals surface area contributed by atoms with Crippen molar-refractivity contribution in [3.63, 3.8) is 0 Å². The Morgan fingerprint density at radius 2 is 2.27 bits per heavy atom. The zero-order valence-corrected chi connectivity index (χ0v) is 9.16. The van der Waals surface area contributed by atoms with E-state index in [4.69, 9.17) is 9.84 Å². The van der Waals surface area contributed by atoms with Gasteiger partial charge in [-0.3, -0.25) is 0 Å². The van der Waals surface area contributed by atoms with Crippen molar-refractivity contribution in [1.29, 1.82) is 0 Å². The molecule has 0 spiro atoms. The van der Waals surface area contributed by atoms with Crippen LogP contribution in [-0.4, -0.2) is 23.9 Å². The molecule has 1 aromatic carbocycles. The summed E-state index contributed by atoms with van der Waals surface area (Å²) in [5.41, 5.74) is 2.19. The molecule has 1 aliphatic rings. The lowest BCUT2D eigenvalue weighted by molar-refractivity contribution is 0.133. The number of aryl methyl sites for hydroxylation is 1. The van der Waals surface area contributed by atoms with Crippen LogP contribution >= 0.6 is 0 Å². The van der Waals surface area contributed by atoms with Crippen molar-refractivity contribution >= 4 is 5.69 Å². The second-order valence-corrected chi connectivity index (χ2v) is 4.05. The highest BCUT2D eigenvalue weighted by atomic mass is 16.5. The molecule has 0 aromatic heterocycles. The van der Waals surface area contributed by atoms with E-state index in [1.165, 1.54) is 0 Å². The van der Waals surface area contributed by atoms with Crippen LogP contribution in [0.2, 0.25) is 0 Å². The number of para-hydroxylation sites is 1. The third-order valence-electron chi connectivity index (χ3n) is 2.84. The number of hydrogen-bond acceptors (Lipinski definition) is 3. The van der Waals surface area contributed by atoms with E-state index >= 15 is 0 Å². The number of ether oxygens (including phenoxy) is 1. The maximum absolute atomic E-state index is 8.95. The summed E-state index contributed by atoms with van der Waals surface area (Å²) in [6, 6.07) is 6.32. The first-order valence-corrected chi connectivity index (χ1v) is 5.36. The number of aliphatic hydroxyl groups excluding tert-OH is 1. The lowest BCUT2D eigenvalue weighted by atomic mass is 10.1. The summed E-state index contributed by atoms with van der Waals surface area (Å²) in [6.07, 6.45) is 0.727. The van der Waals surface area contributed by atoms with Gasteiger partial charge < -0.3 is 15.2 Å². The van der Waals surface area contributed by atoms with Gasteiger partial charge in [-0.05, 0) is 25.5 Å². The molecule has 0 radical (unpaired) electrons. The van der Waals surface area contributed by atoms with E-state index in [1.54, 1.807) is 0 Å². The highest BCUT2D eigenvalue weighted by molar-refractivity contribution is 5.61. The molecule has 2 rings (SSSR count). The Labute approximate surface area is 90.1 Å². The van der Waals surface area contributed by atoms with Crippen molar-refractivity contribution in [2.75, 3.05) is 11.9 Å². The first-order valence-electron chi connectivity index (χ1n) is 5.36. The summed E-state index contributed by atoms with van der Waals surface area (Å²) in [7, 11) is 0. The van der Waals surface area contributed by atoms with Gasteiger partial charge in [0.1, 0.15) is 11.9 Å². The second kappa shape index (κ2) is 4.11. The first kappa shape index (κ1) is 10.3.